The zero-order valence-corrected chi connectivity index (χ0v) is 16.6. The van der Waals surface area contributed by atoms with Gasteiger partial charge in [-0.2, -0.15) is 0 Å². The van der Waals surface area contributed by atoms with Gasteiger partial charge in [-0.05, 0) is 26.0 Å². The van der Waals surface area contributed by atoms with Gasteiger partial charge in [-0.3, -0.25) is 4.40 Å². The Morgan fingerprint density at radius 2 is 2.11 bits per heavy atom. The van der Waals surface area contributed by atoms with E-state index >= 15 is 0 Å². The molecular formula is C19H25N5O2S. The van der Waals surface area contributed by atoms with Crippen LogP contribution in [0.4, 0.5) is 0 Å². The fourth-order valence-corrected chi connectivity index (χ4v) is 3.29. The lowest BCUT2D eigenvalue weighted by molar-refractivity contribution is 0.213. The average Bonchev–Trinajstić information content (AvgIpc) is 3.26. The van der Waals surface area contributed by atoms with E-state index in [4.69, 9.17) is 9.47 Å². The Morgan fingerprint density at radius 3 is 2.85 bits per heavy atom. The summed E-state index contributed by atoms with van der Waals surface area (Å²) in [4.78, 5) is 10.2. The van der Waals surface area contributed by atoms with Crippen LogP contribution in [0.15, 0.2) is 47.0 Å². The van der Waals surface area contributed by atoms with Crippen LogP contribution in [0.1, 0.15) is 19.5 Å². The molecule has 3 rings (SSSR count). The van der Waals surface area contributed by atoms with Crippen LogP contribution < -0.4 is 20.1 Å². The molecular weight excluding hydrogens is 362 g/mol. The monoisotopic (exact) mass is 387 g/mol. The lowest BCUT2D eigenvalue weighted by Gasteiger charge is -2.19. The topological polar surface area (TPSA) is 72.2 Å². The van der Waals surface area contributed by atoms with Gasteiger partial charge in [0.15, 0.2) is 22.4 Å². The number of thiazole rings is 1. The Kier molecular flexibility index (Phi) is 6.54. The predicted octanol–water partition coefficient (Wildman–Crippen LogP) is 2.93. The van der Waals surface area contributed by atoms with E-state index in [0.717, 1.165) is 34.7 Å². The maximum atomic E-state index is 5.97. The molecule has 1 atom stereocenters. The Labute approximate surface area is 163 Å². The van der Waals surface area contributed by atoms with Gasteiger partial charge in [0.2, 0.25) is 0 Å². The first kappa shape index (κ1) is 19.0. The molecule has 0 aliphatic carbocycles. The van der Waals surface area contributed by atoms with Crippen molar-refractivity contribution in [2.24, 2.45) is 4.99 Å². The van der Waals surface area contributed by atoms with Gasteiger partial charge in [0.05, 0.1) is 25.9 Å². The van der Waals surface area contributed by atoms with Crippen LogP contribution in [0.5, 0.6) is 11.5 Å². The molecule has 7 nitrogen and oxygen atoms in total. The quantitative estimate of drug-likeness (QED) is 0.459. The molecule has 0 aliphatic heterocycles. The van der Waals surface area contributed by atoms with Gasteiger partial charge in [-0.1, -0.05) is 12.1 Å². The lowest BCUT2D eigenvalue weighted by atomic mass is 10.3. The molecule has 2 heterocycles. The molecule has 0 radical (unpaired) electrons. The largest absolute Gasteiger partial charge is 0.493 e. The first-order valence-electron chi connectivity index (χ1n) is 8.92. The number of rotatable bonds is 8. The van der Waals surface area contributed by atoms with Crippen LogP contribution in [-0.4, -0.2) is 41.6 Å². The zero-order valence-electron chi connectivity index (χ0n) is 15.8. The standard InChI is InChI=1S/C19H25N5O2S/c1-4-20-18(22-12-15-13-24-9-10-27-19(24)23-15)21-11-14(2)26-17-8-6-5-7-16(17)25-3/h5-10,13-14H,4,11-12H2,1-3H3,(H2,20,21,22). The first-order chi connectivity index (χ1) is 13.2. The second-order valence-electron chi connectivity index (χ2n) is 5.98. The van der Waals surface area contributed by atoms with Crippen molar-refractivity contribution < 1.29 is 9.47 Å². The van der Waals surface area contributed by atoms with Crippen molar-refractivity contribution in [2.75, 3.05) is 20.2 Å². The Hall–Kier alpha value is -2.74. The fraction of sp³-hybridized carbons (Fsp3) is 0.368. The molecule has 144 valence electrons. The molecule has 2 N–H and O–H groups in total. The second-order valence-corrected chi connectivity index (χ2v) is 6.85. The number of hydrogen-bond acceptors (Lipinski definition) is 5. The molecule has 27 heavy (non-hydrogen) atoms. The third-order valence-electron chi connectivity index (χ3n) is 3.84. The number of para-hydroxylation sites is 2. The summed E-state index contributed by atoms with van der Waals surface area (Å²) in [5, 5.41) is 8.58. The molecule has 0 saturated heterocycles. The van der Waals surface area contributed by atoms with Gasteiger partial charge in [-0.15, -0.1) is 11.3 Å². The number of benzene rings is 1. The molecule has 0 amide bonds. The van der Waals surface area contributed by atoms with E-state index in [1.165, 1.54) is 0 Å². The van der Waals surface area contributed by atoms with Crippen molar-refractivity contribution in [1.82, 2.24) is 20.0 Å². The van der Waals surface area contributed by atoms with Crippen molar-refractivity contribution in [3.63, 3.8) is 0 Å². The minimum atomic E-state index is -0.0527. The number of methoxy groups -OCH3 is 1. The third-order valence-corrected chi connectivity index (χ3v) is 4.61. The third kappa shape index (κ3) is 5.13. The highest BCUT2D eigenvalue weighted by molar-refractivity contribution is 7.15. The molecule has 0 bridgehead atoms. The number of aromatic nitrogens is 2. The SMILES string of the molecule is CCNC(=NCc1cn2ccsc2n1)NCC(C)Oc1ccccc1OC. The van der Waals surface area contributed by atoms with Gasteiger partial charge < -0.3 is 20.1 Å². The minimum absolute atomic E-state index is 0.0527. The minimum Gasteiger partial charge on any atom is -0.493 e. The van der Waals surface area contributed by atoms with E-state index in [1.54, 1.807) is 18.4 Å². The summed E-state index contributed by atoms with van der Waals surface area (Å²) < 4.78 is 13.3. The summed E-state index contributed by atoms with van der Waals surface area (Å²) >= 11 is 1.62. The maximum absolute atomic E-state index is 5.97. The van der Waals surface area contributed by atoms with Gasteiger partial charge in [0.1, 0.15) is 6.10 Å². The molecule has 1 aromatic carbocycles. The maximum Gasteiger partial charge on any atom is 0.193 e. The van der Waals surface area contributed by atoms with Crippen LogP contribution in [-0.2, 0) is 6.54 Å². The smallest absolute Gasteiger partial charge is 0.193 e. The van der Waals surface area contributed by atoms with Crippen molar-refractivity contribution in [1.29, 1.82) is 0 Å². The number of guanidine groups is 1. The van der Waals surface area contributed by atoms with Crippen LogP contribution in [0.25, 0.3) is 4.96 Å². The van der Waals surface area contributed by atoms with E-state index in [9.17, 15) is 0 Å². The number of fused-ring (bicyclic) bond motifs is 1. The molecule has 2 aromatic heterocycles. The lowest BCUT2D eigenvalue weighted by Crippen LogP contribution is -2.41. The van der Waals surface area contributed by atoms with Gasteiger partial charge in [0, 0.05) is 24.3 Å². The van der Waals surface area contributed by atoms with Crippen LogP contribution in [0.2, 0.25) is 0 Å². The fourth-order valence-electron chi connectivity index (χ4n) is 2.57. The highest BCUT2D eigenvalue weighted by Gasteiger charge is 2.09. The van der Waals surface area contributed by atoms with E-state index in [0.29, 0.717) is 13.1 Å². The molecule has 0 aliphatic rings. The van der Waals surface area contributed by atoms with E-state index in [2.05, 4.69) is 20.6 Å². The van der Waals surface area contributed by atoms with Crippen LogP contribution in [0.3, 0.4) is 0 Å². The summed E-state index contributed by atoms with van der Waals surface area (Å²) in [5.41, 5.74) is 0.942. The highest BCUT2D eigenvalue weighted by atomic mass is 32.1. The highest BCUT2D eigenvalue weighted by Crippen LogP contribution is 2.26. The summed E-state index contributed by atoms with van der Waals surface area (Å²) in [7, 11) is 1.64. The Balaban J connectivity index is 1.56. The Morgan fingerprint density at radius 1 is 1.30 bits per heavy atom. The number of imidazole rings is 1. The van der Waals surface area contributed by atoms with Gasteiger partial charge in [0.25, 0.3) is 0 Å². The molecule has 0 fully saturated rings. The molecule has 8 heteroatoms. The number of hydrogen-bond donors (Lipinski definition) is 2. The van der Waals surface area contributed by atoms with Crippen molar-refractivity contribution in [3.05, 3.63) is 47.7 Å². The average molecular weight is 388 g/mol. The predicted molar refractivity (Wildman–Crippen MR) is 109 cm³/mol. The summed E-state index contributed by atoms with van der Waals surface area (Å²) in [5.74, 6) is 2.20. The summed E-state index contributed by atoms with van der Waals surface area (Å²) in [6.45, 7) is 5.96. The van der Waals surface area contributed by atoms with Crippen molar-refractivity contribution in [2.45, 2.75) is 26.5 Å². The van der Waals surface area contributed by atoms with Crippen molar-refractivity contribution >= 4 is 22.3 Å². The normalized spacial score (nSPS) is 12.8. The number of nitrogens with one attached hydrogen (secondary N) is 2. The number of nitrogens with zero attached hydrogens (tertiary/aromatic N) is 3. The zero-order chi connectivity index (χ0) is 19.1. The molecule has 1 unspecified atom stereocenters. The first-order valence-corrected chi connectivity index (χ1v) is 9.80. The molecule has 0 spiro atoms. The Bertz CT molecular complexity index is 860. The molecule has 3 aromatic rings. The van der Waals surface area contributed by atoms with Crippen LogP contribution in [0, 0.1) is 0 Å². The van der Waals surface area contributed by atoms with E-state index < -0.39 is 0 Å². The van der Waals surface area contributed by atoms with Crippen LogP contribution >= 0.6 is 11.3 Å². The van der Waals surface area contributed by atoms with Gasteiger partial charge >= 0.3 is 0 Å². The summed E-state index contributed by atoms with van der Waals surface area (Å²) in [6.07, 6.45) is 3.95. The summed E-state index contributed by atoms with van der Waals surface area (Å²) in [6, 6.07) is 7.64. The van der Waals surface area contributed by atoms with Crippen molar-refractivity contribution in [3.8, 4) is 11.5 Å². The second kappa shape index (κ2) is 9.27. The molecule has 0 saturated carbocycles. The van der Waals surface area contributed by atoms with E-state index in [-0.39, 0.29) is 6.10 Å². The van der Waals surface area contributed by atoms with Gasteiger partial charge in [-0.25, -0.2) is 9.98 Å². The number of aliphatic imine (C=N–C) groups is 1. The number of ether oxygens (including phenoxy) is 2. The van der Waals surface area contributed by atoms with E-state index in [1.807, 2.05) is 60.3 Å².